The zero-order valence-electron chi connectivity index (χ0n) is 12.9. The number of hydrogen-bond donors (Lipinski definition) is 0. The smallest absolute Gasteiger partial charge is 0.0190 e. The summed E-state index contributed by atoms with van der Waals surface area (Å²) in [5, 5.41) is 0. The van der Waals surface area contributed by atoms with Crippen molar-refractivity contribution in [3.63, 3.8) is 0 Å². The molecule has 1 aromatic carbocycles. The van der Waals surface area contributed by atoms with Crippen molar-refractivity contribution in [1.29, 1.82) is 0 Å². The van der Waals surface area contributed by atoms with Gasteiger partial charge in [0.1, 0.15) is 0 Å². The van der Waals surface area contributed by atoms with Crippen molar-refractivity contribution in [3.05, 3.63) is 41.5 Å². The molecule has 0 saturated heterocycles. The molecule has 0 aromatic heterocycles. The molecule has 19 heavy (non-hydrogen) atoms. The number of hydrogen-bond acceptors (Lipinski definition) is 2. The summed E-state index contributed by atoms with van der Waals surface area (Å²) in [6.45, 7) is 12.3. The summed E-state index contributed by atoms with van der Waals surface area (Å²) >= 11 is 0. The minimum atomic E-state index is 1.04. The van der Waals surface area contributed by atoms with E-state index in [1.165, 1.54) is 11.1 Å². The minimum Gasteiger partial charge on any atom is -0.303 e. The van der Waals surface area contributed by atoms with Gasteiger partial charge in [-0.2, -0.15) is 0 Å². The van der Waals surface area contributed by atoms with Crippen molar-refractivity contribution in [1.82, 2.24) is 9.80 Å². The standard InChI is InChI=1S/C17H28N2/c1-5-19(6-2)13-12-18(4)15-16(3)14-17-10-8-7-9-11-17/h7-11,14H,5-6,12-13,15H2,1-4H3/b16-14+. The van der Waals surface area contributed by atoms with Gasteiger partial charge in [-0.3, -0.25) is 0 Å². The van der Waals surface area contributed by atoms with E-state index in [1.807, 2.05) is 0 Å². The first-order valence-electron chi connectivity index (χ1n) is 7.28. The molecule has 0 fully saturated rings. The molecular formula is C17H28N2. The summed E-state index contributed by atoms with van der Waals surface area (Å²) in [6, 6.07) is 10.5. The average molecular weight is 260 g/mol. The highest BCUT2D eigenvalue weighted by Gasteiger charge is 2.03. The Morgan fingerprint density at radius 1 is 1.05 bits per heavy atom. The second-order valence-electron chi connectivity index (χ2n) is 5.17. The van der Waals surface area contributed by atoms with E-state index >= 15 is 0 Å². The summed E-state index contributed by atoms with van der Waals surface area (Å²) in [6.07, 6.45) is 2.27. The van der Waals surface area contributed by atoms with Gasteiger partial charge >= 0.3 is 0 Å². The van der Waals surface area contributed by atoms with Gasteiger partial charge in [-0.25, -0.2) is 0 Å². The van der Waals surface area contributed by atoms with E-state index in [2.05, 4.69) is 74.0 Å². The molecule has 1 rings (SSSR count). The Kier molecular flexibility index (Phi) is 7.46. The van der Waals surface area contributed by atoms with Crippen LogP contribution in [-0.2, 0) is 0 Å². The molecule has 0 N–H and O–H groups in total. The van der Waals surface area contributed by atoms with Gasteiger partial charge in [-0.15, -0.1) is 0 Å². The highest BCUT2D eigenvalue weighted by molar-refractivity contribution is 5.52. The molecule has 0 radical (unpaired) electrons. The lowest BCUT2D eigenvalue weighted by Crippen LogP contribution is -2.33. The van der Waals surface area contributed by atoms with Gasteiger partial charge in [0, 0.05) is 19.6 Å². The molecular weight excluding hydrogens is 232 g/mol. The number of benzene rings is 1. The predicted octanol–water partition coefficient (Wildman–Crippen LogP) is 3.36. The summed E-state index contributed by atoms with van der Waals surface area (Å²) in [5.41, 5.74) is 2.70. The molecule has 0 heterocycles. The zero-order chi connectivity index (χ0) is 14.1. The number of nitrogens with zero attached hydrogens (tertiary/aromatic N) is 2. The summed E-state index contributed by atoms with van der Waals surface area (Å²) < 4.78 is 0. The second kappa shape index (κ2) is 8.89. The highest BCUT2D eigenvalue weighted by atomic mass is 15.2. The second-order valence-corrected chi connectivity index (χ2v) is 5.17. The van der Waals surface area contributed by atoms with E-state index in [4.69, 9.17) is 0 Å². The van der Waals surface area contributed by atoms with Gasteiger partial charge in [0.25, 0.3) is 0 Å². The maximum absolute atomic E-state index is 2.47. The summed E-state index contributed by atoms with van der Waals surface area (Å²) in [7, 11) is 2.20. The van der Waals surface area contributed by atoms with Crippen LogP contribution in [0.25, 0.3) is 6.08 Å². The molecule has 2 heteroatoms. The van der Waals surface area contributed by atoms with E-state index in [1.54, 1.807) is 0 Å². The quantitative estimate of drug-likeness (QED) is 0.707. The molecule has 106 valence electrons. The average Bonchev–Trinajstić information content (AvgIpc) is 2.40. The lowest BCUT2D eigenvalue weighted by atomic mass is 10.1. The van der Waals surface area contributed by atoms with Crippen molar-refractivity contribution in [3.8, 4) is 0 Å². The fraction of sp³-hybridized carbons (Fsp3) is 0.529. The van der Waals surface area contributed by atoms with Gasteiger partial charge in [-0.1, -0.05) is 55.8 Å². The molecule has 0 unspecified atom stereocenters. The van der Waals surface area contributed by atoms with Crippen LogP contribution in [0.4, 0.5) is 0 Å². The Morgan fingerprint density at radius 3 is 2.26 bits per heavy atom. The third-order valence-electron chi connectivity index (χ3n) is 3.42. The van der Waals surface area contributed by atoms with E-state index in [0.29, 0.717) is 0 Å². The van der Waals surface area contributed by atoms with Crippen LogP contribution in [0, 0.1) is 0 Å². The lowest BCUT2D eigenvalue weighted by molar-refractivity contribution is 0.249. The fourth-order valence-corrected chi connectivity index (χ4v) is 2.24. The first-order chi connectivity index (χ1) is 9.15. The zero-order valence-corrected chi connectivity index (χ0v) is 12.9. The van der Waals surface area contributed by atoms with Crippen molar-refractivity contribution in [2.75, 3.05) is 39.8 Å². The minimum absolute atomic E-state index is 1.04. The highest BCUT2D eigenvalue weighted by Crippen LogP contribution is 2.07. The van der Waals surface area contributed by atoms with Crippen LogP contribution in [0.1, 0.15) is 26.3 Å². The van der Waals surface area contributed by atoms with Gasteiger partial charge in [-0.05, 0) is 32.6 Å². The molecule has 0 aliphatic heterocycles. The Labute approximate surface area is 118 Å². The van der Waals surface area contributed by atoms with E-state index in [0.717, 1.165) is 32.7 Å². The van der Waals surface area contributed by atoms with Crippen LogP contribution in [0.5, 0.6) is 0 Å². The van der Waals surface area contributed by atoms with Crippen molar-refractivity contribution < 1.29 is 0 Å². The Hall–Kier alpha value is -1.12. The Morgan fingerprint density at radius 2 is 1.68 bits per heavy atom. The maximum atomic E-state index is 2.47. The van der Waals surface area contributed by atoms with Crippen molar-refractivity contribution in [2.45, 2.75) is 20.8 Å². The van der Waals surface area contributed by atoms with Crippen LogP contribution in [0.3, 0.4) is 0 Å². The molecule has 2 nitrogen and oxygen atoms in total. The monoisotopic (exact) mass is 260 g/mol. The SMILES string of the molecule is CCN(CC)CCN(C)C/C(C)=C/c1ccccc1. The van der Waals surface area contributed by atoms with Crippen LogP contribution < -0.4 is 0 Å². The lowest BCUT2D eigenvalue weighted by Gasteiger charge is -2.23. The van der Waals surface area contributed by atoms with Crippen LogP contribution in [0.2, 0.25) is 0 Å². The molecule has 0 atom stereocenters. The Balaban J connectivity index is 2.39. The van der Waals surface area contributed by atoms with Crippen LogP contribution in [-0.4, -0.2) is 49.6 Å². The normalized spacial score (nSPS) is 12.4. The molecule has 0 amide bonds. The first kappa shape index (κ1) is 15.9. The Bertz CT molecular complexity index is 366. The first-order valence-corrected chi connectivity index (χ1v) is 7.28. The van der Waals surface area contributed by atoms with Crippen molar-refractivity contribution in [2.24, 2.45) is 0 Å². The maximum Gasteiger partial charge on any atom is 0.0190 e. The van der Waals surface area contributed by atoms with Crippen molar-refractivity contribution >= 4 is 6.08 Å². The largest absolute Gasteiger partial charge is 0.303 e. The number of rotatable bonds is 8. The molecule has 0 aliphatic carbocycles. The molecule has 0 spiro atoms. The van der Waals surface area contributed by atoms with Gasteiger partial charge in [0.15, 0.2) is 0 Å². The molecule has 0 saturated carbocycles. The van der Waals surface area contributed by atoms with Gasteiger partial charge in [0.05, 0.1) is 0 Å². The van der Waals surface area contributed by atoms with Crippen LogP contribution >= 0.6 is 0 Å². The van der Waals surface area contributed by atoms with E-state index < -0.39 is 0 Å². The predicted molar refractivity (Wildman–Crippen MR) is 85.4 cm³/mol. The van der Waals surface area contributed by atoms with Crippen LogP contribution in [0.15, 0.2) is 35.9 Å². The molecule has 1 aromatic rings. The van der Waals surface area contributed by atoms with Gasteiger partial charge < -0.3 is 9.80 Å². The third kappa shape index (κ3) is 6.55. The van der Waals surface area contributed by atoms with E-state index in [9.17, 15) is 0 Å². The topological polar surface area (TPSA) is 6.48 Å². The summed E-state index contributed by atoms with van der Waals surface area (Å²) in [5.74, 6) is 0. The molecule has 0 aliphatic rings. The number of likely N-dealkylation sites (N-methyl/N-ethyl adjacent to an activating group) is 2. The summed E-state index contributed by atoms with van der Waals surface area (Å²) in [4.78, 5) is 4.86. The molecule has 0 bridgehead atoms. The fourth-order valence-electron chi connectivity index (χ4n) is 2.24. The third-order valence-corrected chi connectivity index (χ3v) is 3.42. The van der Waals surface area contributed by atoms with Gasteiger partial charge in [0.2, 0.25) is 0 Å². The van der Waals surface area contributed by atoms with E-state index in [-0.39, 0.29) is 0 Å².